The molecule has 0 saturated carbocycles. The molecule has 1 spiro atoms. The van der Waals surface area contributed by atoms with Gasteiger partial charge in [0.2, 0.25) is 0 Å². The van der Waals surface area contributed by atoms with Gasteiger partial charge in [-0.1, -0.05) is 39.8 Å². The third-order valence-corrected chi connectivity index (χ3v) is 12.3. The molecule has 2 aliphatic rings. The lowest BCUT2D eigenvalue weighted by atomic mass is 9.90. The Morgan fingerprint density at radius 3 is 2.56 bits per heavy atom. The zero-order valence-corrected chi connectivity index (χ0v) is 23.9. The van der Waals surface area contributed by atoms with Crippen molar-refractivity contribution in [3.05, 3.63) is 24.3 Å². The Morgan fingerprint density at radius 1 is 1.29 bits per heavy atom. The molecule has 0 aromatic rings. The molecule has 0 bridgehead atoms. The van der Waals surface area contributed by atoms with Crippen molar-refractivity contribution in [3.63, 3.8) is 0 Å². The van der Waals surface area contributed by atoms with Gasteiger partial charge in [-0.3, -0.25) is 0 Å². The Labute approximate surface area is 209 Å². The van der Waals surface area contributed by atoms with E-state index in [9.17, 15) is 5.11 Å². The first-order valence-electron chi connectivity index (χ1n) is 12.9. The summed E-state index contributed by atoms with van der Waals surface area (Å²) in [4.78, 5) is 0. The molecule has 6 atom stereocenters. The molecule has 2 heterocycles. The summed E-state index contributed by atoms with van der Waals surface area (Å²) >= 11 is 0. The van der Waals surface area contributed by atoms with E-state index in [-0.39, 0.29) is 36.1 Å². The molecule has 34 heavy (non-hydrogen) atoms. The quantitative estimate of drug-likeness (QED) is 0.215. The van der Waals surface area contributed by atoms with Crippen LogP contribution in [0.3, 0.4) is 0 Å². The van der Waals surface area contributed by atoms with Crippen LogP contribution in [0, 0.1) is 5.92 Å². The van der Waals surface area contributed by atoms with Crippen LogP contribution in [0.25, 0.3) is 0 Å². The van der Waals surface area contributed by atoms with Crippen molar-refractivity contribution >= 4 is 8.32 Å². The molecule has 2 saturated heterocycles. The highest BCUT2D eigenvalue weighted by Crippen LogP contribution is 2.43. The molecule has 0 aliphatic carbocycles. The van der Waals surface area contributed by atoms with E-state index in [0.717, 1.165) is 50.7 Å². The van der Waals surface area contributed by atoms with Crippen molar-refractivity contribution in [2.75, 3.05) is 20.5 Å². The molecule has 0 radical (unpaired) electrons. The molecular formula is C27H50O6Si. The SMILES string of the molecule is C=CC(O)C(C)C(OCOC)C(C)=CCC1CC(O[Si](C)(C)C(C)(C)C)CC2(CCCCO2)O1. The average molecular weight is 499 g/mol. The summed E-state index contributed by atoms with van der Waals surface area (Å²) in [5.74, 6) is -0.673. The van der Waals surface area contributed by atoms with Crippen LogP contribution in [0.4, 0.5) is 0 Å². The standard InChI is InChI=1S/C27H50O6Si/c1-10-24(28)21(3)25(30-19-29-7)20(2)13-14-22-17-23(33-34(8,9)26(4,5)6)18-27(32-22)15-11-12-16-31-27/h10,13,21-25,28H,1,11-12,14-19H2,2-9H3. The summed E-state index contributed by atoms with van der Waals surface area (Å²) in [5.41, 5.74) is 1.06. The summed E-state index contributed by atoms with van der Waals surface area (Å²) in [7, 11) is -0.305. The lowest BCUT2D eigenvalue weighted by Gasteiger charge is -2.49. The van der Waals surface area contributed by atoms with Gasteiger partial charge in [0.15, 0.2) is 14.1 Å². The molecule has 2 fully saturated rings. The minimum atomic E-state index is -1.91. The number of aliphatic hydroxyl groups is 1. The smallest absolute Gasteiger partial charge is 0.192 e. The van der Waals surface area contributed by atoms with Crippen molar-refractivity contribution in [1.82, 2.24) is 0 Å². The number of methoxy groups -OCH3 is 1. The second-order valence-electron chi connectivity index (χ2n) is 11.7. The van der Waals surface area contributed by atoms with Crippen molar-refractivity contribution in [2.45, 2.75) is 121 Å². The first-order valence-corrected chi connectivity index (χ1v) is 15.8. The van der Waals surface area contributed by atoms with Gasteiger partial charge in [-0.2, -0.15) is 0 Å². The van der Waals surface area contributed by atoms with Crippen LogP contribution < -0.4 is 0 Å². The summed E-state index contributed by atoms with van der Waals surface area (Å²) in [5, 5.41) is 10.5. The Bertz CT molecular complexity index is 665. The molecule has 2 rings (SSSR count). The minimum absolute atomic E-state index is 0.0132. The Hall–Kier alpha value is -0.543. The summed E-state index contributed by atoms with van der Waals surface area (Å²) < 4.78 is 30.8. The Kier molecular flexibility index (Phi) is 11.0. The molecule has 0 aromatic heterocycles. The van der Waals surface area contributed by atoms with E-state index in [4.69, 9.17) is 23.4 Å². The summed E-state index contributed by atoms with van der Waals surface area (Å²) in [6.07, 6.45) is 8.50. The molecule has 0 amide bonds. The first kappa shape index (κ1) is 29.7. The van der Waals surface area contributed by atoms with Crippen LogP contribution in [-0.2, 0) is 23.4 Å². The maximum Gasteiger partial charge on any atom is 0.192 e. The largest absolute Gasteiger partial charge is 0.414 e. The Balaban J connectivity index is 2.18. The van der Waals surface area contributed by atoms with E-state index >= 15 is 0 Å². The van der Waals surface area contributed by atoms with E-state index in [1.165, 1.54) is 0 Å². The maximum atomic E-state index is 10.3. The van der Waals surface area contributed by atoms with E-state index in [0.29, 0.717) is 0 Å². The lowest BCUT2D eigenvalue weighted by Crippen LogP contribution is -2.53. The van der Waals surface area contributed by atoms with Crippen molar-refractivity contribution in [3.8, 4) is 0 Å². The van der Waals surface area contributed by atoms with Gasteiger partial charge in [-0.25, -0.2) is 0 Å². The molecular weight excluding hydrogens is 448 g/mol. The van der Waals surface area contributed by atoms with Crippen LogP contribution >= 0.6 is 0 Å². The number of ether oxygens (including phenoxy) is 4. The van der Waals surface area contributed by atoms with Crippen LogP contribution in [0.1, 0.15) is 73.1 Å². The van der Waals surface area contributed by atoms with Gasteiger partial charge in [0.05, 0.1) is 31.0 Å². The topological polar surface area (TPSA) is 66.4 Å². The van der Waals surface area contributed by atoms with Crippen LogP contribution in [0.2, 0.25) is 18.1 Å². The Morgan fingerprint density at radius 2 is 2.00 bits per heavy atom. The van der Waals surface area contributed by atoms with Gasteiger partial charge in [-0.05, 0) is 56.3 Å². The van der Waals surface area contributed by atoms with E-state index in [1.807, 2.05) is 13.8 Å². The third kappa shape index (κ3) is 7.98. The second kappa shape index (κ2) is 12.6. The zero-order chi connectivity index (χ0) is 25.6. The molecule has 6 unspecified atom stereocenters. The fraction of sp³-hybridized carbons (Fsp3) is 0.852. The molecule has 1 N–H and O–H groups in total. The number of hydrogen-bond acceptors (Lipinski definition) is 6. The van der Waals surface area contributed by atoms with Gasteiger partial charge in [0.25, 0.3) is 0 Å². The molecule has 7 heteroatoms. The van der Waals surface area contributed by atoms with Crippen molar-refractivity contribution < 1.29 is 28.5 Å². The van der Waals surface area contributed by atoms with Gasteiger partial charge < -0.3 is 28.5 Å². The molecule has 198 valence electrons. The van der Waals surface area contributed by atoms with Gasteiger partial charge in [0.1, 0.15) is 6.79 Å². The first-order chi connectivity index (χ1) is 15.8. The predicted molar refractivity (Wildman–Crippen MR) is 139 cm³/mol. The third-order valence-electron chi connectivity index (χ3n) is 7.81. The highest BCUT2D eigenvalue weighted by Gasteiger charge is 2.47. The van der Waals surface area contributed by atoms with E-state index in [1.54, 1.807) is 13.2 Å². The van der Waals surface area contributed by atoms with Crippen molar-refractivity contribution in [2.24, 2.45) is 5.92 Å². The van der Waals surface area contributed by atoms with Crippen molar-refractivity contribution in [1.29, 1.82) is 0 Å². The summed E-state index contributed by atoms with van der Waals surface area (Å²) in [6, 6.07) is 0. The molecule has 0 aromatic carbocycles. The predicted octanol–water partition coefficient (Wildman–Crippen LogP) is 5.96. The molecule has 2 aliphatic heterocycles. The monoisotopic (exact) mass is 498 g/mol. The minimum Gasteiger partial charge on any atom is -0.414 e. The van der Waals surface area contributed by atoms with Crippen LogP contribution in [0.5, 0.6) is 0 Å². The van der Waals surface area contributed by atoms with E-state index < -0.39 is 20.2 Å². The fourth-order valence-corrected chi connectivity index (χ4v) is 6.06. The number of rotatable bonds is 11. The van der Waals surface area contributed by atoms with Gasteiger partial charge in [-0.15, -0.1) is 6.58 Å². The number of aliphatic hydroxyl groups excluding tert-OH is 1. The summed E-state index contributed by atoms with van der Waals surface area (Å²) in [6.45, 7) is 20.2. The average Bonchev–Trinajstić information content (AvgIpc) is 2.76. The molecule has 6 nitrogen and oxygen atoms in total. The fourth-order valence-electron chi connectivity index (χ4n) is 4.70. The lowest BCUT2D eigenvalue weighted by molar-refractivity contribution is -0.307. The van der Waals surface area contributed by atoms with Crippen LogP contribution in [0.15, 0.2) is 24.3 Å². The van der Waals surface area contributed by atoms with Gasteiger partial charge in [0, 0.05) is 25.9 Å². The zero-order valence-electron chi connectivity index (χ0n) is 22.9. The van der Waals surface area contributed by atoms with Crippen LogP contribution in [-0.4, -0.2) is 64.1 Å². The maximum absolute atomic E-state index is 10.3. The van der Waals surface area contributed by atoms with Gasteiger partial charge >= 0.3 is 0 Å². The second-order valence-corrected chi connectivity index (χ2v) is 16.4. The van der Waals surface area contributed by atoms with E-state index in [2.05, 4.69) is 46.5 Å². The highest BCUT2D eigenvalue weighted by molar-refractivity contribution is 6.74. The normalized spacial score (nSPS) is 29.6. The highest BCUT2D eigenvalue weighted by atomic mass is 28.4. The number of hydrogen-bond donors (Lipinski definition) is 1.